The summed E-state index contributed by atoms with van der Waals surface area (Å²) in [6, 6.07) is 16.9. The number of aliphatic hydroxyl groups is 2. The molecule has 0 fully saturated rings. The van der Waals surface area contributed by atoms with Gasteiger partial charge in [0, 0.05) is 0 Å². The van der Waals surface area contributed by atoms with Gasteiger partial charge in [-0.1, -0.05) is 36.4 Å². The quantitative estimate of drug-likeness (QED) is 0.303. The number of para-hydroxylation sites is 2. The first-order chi connectivity index (χ1) is 16.3. The van der Waals surface area contributed by atoms with Crippen molar-refractivity contribution in [3.8, 4) is 11.5 Å². The number of hydrogen-bond acceptors (Lipinski definition) is 10. The Morgan fingerprint density at radius 3 is 1.32 bits per heavy atom. The third-order valence-corrected chi connectivity index (χ3v) is 4.26. The number of rotatable bonds is 10. The smallest absolute Gasteiger partial charge is 0.336 e. The second-order valence-corrected chi connectivity index (χ2v) is 6.79. The normalized spacial score (nSPS) is 14.3. The molecule has 34 heavy (non-hydrogen) atoms. The summed E-state index contributed by atoms with van der Waals surface area (Å²) in [6.45, 7) is 3.18. The largest absolute Gasteiger partial charge is 0.467 e. The Balaban J connectivity index is 0.000000340. The molecule has 0 saturated carbocycles. The van der Waals surface area contributed by atoms with Crippen LogP contribution in [-0.2, 0) is 19.1 Å². The number of carbonyl (C=O) groups is 2. The van der Waals surface area contributed by atoms with Crippen molar-refractivity contribution in [2.24, 2.45) is 9.98 Å². The lowest BCUT2D eigenvalue weighted by Crippen LogP contribution is -2.31. The zero-order valence-electron chi connectivity index (χ0n) is 19.5. The van der Waals surface area contributed by atoms with Crippen LogP contribution >= 0.6 is 0 Å². The van der Waals surface area contributed by atoms with E-state index in [1.54, 1.807) is 38.1 Å². The van der Waals surface area contributed by atoms with E-state index in [0.29, 0.717) is 11.5 Å². The molecular weight excluding hydrogens is 444 g/mol. The maximum Gasteiger partial charge on any atom is 0.336 e. The van der Waals surface area contributed by atoms with Crippen LogP contribution in [0.3, 0.4) is 0 Å². The molecule has 4 unspecified atom stereocenters. The second kappa shape index (κ2) is 15.9. The van der Waals surface area contributed by atoms with Crippen LogP contribution in [0.2, 0.25) is 0 Å². The third kappa shape index (κ3) is 10.7. The molecule has 0 amide bonds. The molecule has 0 heterocycles. The summed E-state index contributed by atoms with van der Waals surface area (Å²) in [6.07, 6.45) is -0.163. The minimum Gasteiger partial charge on any atom is -0.467 e. The van der Waals surface area contributed by atoms with Crippen molar-refractivity contribution in [2.45, 2.75) is 38.1 Å². The Hall–Kier alpha value is -3.76. The van der Waals surface area contributed by atoms with E-state index < -0.39 is 36.2 Å². The van der Waals surface area contributed by atoms with Crippen molar-refractivity contribution in [1.29, 1.82) is 0 Å². The maximum absolute atomic E-state index is 11.0. The zero-order chi connectivity index (χ0) is 25.3. The standard InChI is InChI=1S/2C12H15NO4/c2*1-9(11(14)12(15)16-2)13-8-17-10-6-4-3-5-7-10/h2*3-9,11,14H,1-2H3. The summed E-state index contributed by atoms with van der Waals surface area (Å²) in [7, 11) is 2.42. The van der Waals surface area contributed by atoms with Gasteiger partial charge in [-0.25, -0.2) is 9.59 Å². The van der Waals surface area contributed by atoms with Gasteiger partial charge in [0.2, 0.25) is 0 Å². The van der Waals surface area contributed by atoms with E-state index in [1.165, 1.54) is 27.0 Å². The van der Waals surface area contributed by atoms with Crippen LogP contribution in [0.15, 0.2) is 70.6 Å². The number of hydrogen-bond donors (Lipinski definition) is 2. The summed E-state index contributed by atoms with van der Waals surface area (Å²) in [4.78, 5) is 29.8. The lowest BCUT2D eigenvalue weighted by Gasteiger charge is -2.11. The van der Waals surface area contributed by atoms with Gasteiger partial charge in [0.05, 0.1) is 26.3 Å². The first kappa shape index (κ1) is 28.3. The minimum atomic E-state index is -1.28. The first-order valence-electron chi connectivity index (χ1n) is 10.3. The van der Waals surface area contributed by atoms with Crippen LogP contribution in [0.4, 0.5) is 0 Å². The third-order valence-electron chi connectivity index (χ3n) is 4.26. The van der Waals surface area contributed by atoms with Crippen LogP contribution < -0.4 is 9.47 Å². The van der Waals surface area contributed by atoms with Crippen LogP contribution in [0.25, 0.3) is 0 Å². The molecule has 0 aliphatic carbocycles. The minimum absolute atomic E-state index is 0.619. The molecule has 0 spiro atoms. The maximum atomic E-state index is 11.0. The highest BCUT2D eigenvalue weighted by atomic mass is 16.5. The van der Waals surface area contributed by atoms with Gasteiger partial charge in [-0.05, 0) is 38.1 Å². The number of benzene rings is 2. The average molecular weight is 475 g/mol. The van der Waals surface area contributed by atoms with Crippen molar-refractivity contribution in [2.75, 3.05) is 14.2 Å². The van der Waals surface area contributed by atoms with Gasteiger partial charge in [-0.2, -0.15) is 0 Å². The lowest BCUT2D eigenvalue weighted by atomic mass is 10.2. The summed E-state index contributed by atoms with van der Waals surface area (Å²) in [5, 5.41) is 18.9. The van der Waals surface area contributed by atoms with Gasteiger partial charge in [-0.3, -0.25) is 9.98 Å². The highest BCUT2D eigenvalue weighted by molar-refractivity contribution is 5.75. The van der Waals surface area contributed by atoms with Crippen molar-refractivity contribution in [3.05, 3.63) is 60.7 Å². The van der Waals surface area contributed by atoms with Gasteiger partial charge in [0.15, 0.2) is 25.0 Å². The molecule has 0 saturated heterocycles. The molecule has 0 aliphatic heterocycles. The van der Waals surface area contributed by atoms with E-state index in [0.717, 1.165) is 0 Å². The molecule has 184 valence electrons. The molecule has 10 heteroatoms. The van der Waals surface area contributed by atoms with Gasteiger partial charge >= 0.3 is 11.9 Å². The summed E-state index contributed by atoms with van der Waals surface area (Å²) >= 11 is 0. The van der Waals surface area contributed by atoms with Gasteiger partial charge < -0.3 is 29.2 Å². The molecule has 0 radical (unpaired) electrons. The Kier molecular flexibility index (Phi) is 13.3. The number of ether oxygens (including phenoxy) is 4. The van der Waals surface area contributed by atoms with E-state index in [2.05, 4.69) is 19.5 Å². The molecule has 0 bridgehead atoms. The number of aliphatic hydroxyl groups excluding tert-OH is 2. The predicted molar refractivity (Wildman–Crippen MR) is 126 cm³/mol. The van der Waals surface area contributed by atoms with Gasteiger partial charge in [-0.15, -0.1) is 0 Å². The Bertz CT molecular complexity index is 830. The number of carbonyl (C=O) groups excluding carboxylic acids is 2. The fourth-order valence-electron chi connectivity index (χ4n) is 2.17. The van der Waals surface area contributed by atoms with Crippen molar-refractivity contribution < 1.29 is 38.7 Å². The predicted octanol–water partition coefficient (Wildman–Crippen LogP) is 2.03. The summed E-state index contributed by atoms with van der Waals surface area (Å²) < 4.78 is 19.2. The summed E-state index contributed by atoms with van der Waals surface area (Å²) in [5.74, 6) is -0.157. The van der Waals surface area contributed by atoms with E-state index >= 15 is 0 Å². The number of nitrogens with zero attached hydrogens (tertiary/aromatic N) is 2. The highest BCUT2D eigenvalue weighted by Crippen LogP contribution is 2.08. The molecule has 2 aromatic carbocycles. The summed E-state index contributed by atoms with van der Waals surface area (Å²) in [5.41, 5.74) is 0. The van der Waals surface area contributed by atoms with Crippen LogP contribution in [0.1, 0.15) is 13.8 Å². The Labute approximate surface area is 198 Å². The second-order valence-electron chi connectivity index (χ2n) is 6.79. The fraction of sp³-hybridized carbons (Fsp3) is 0.333. The lowest BCUT2D eigenvalue weighted by molar-refractivity contribution is -0.151. The van der Waals surface area contributed by atoms with Crippen molar-refractivity contribution in [1.82, 2.24) is 0 Å². The molecule has 2 aromatic rings. The van der Waals surface area contributed by atoms with Crippen LogP contribution in [0.5, 0.6) is 11.5 Å². The first-order valence-corrected chi connectivity index (χ1v) is 10.3. The van der Waals surface area contributed by atoms with Crippen LogP contribution in [-0.4, -0.2) is 73.5 Å². The Morgan fingerprint density at radius 2 is 1.03 bits per heavy atom. The molecule has 0 aliphatic rings. The average Bonchev–Trinajstić information content (AvgIpc) is 2.88. The molecular formula is C24H30N2O8. The topological polar surface area (TPSA) is 136 Å². The SMILES string of the molecule is COC(=O)C(O)C(C)N=COc1ccccc1.COC(=O)C(O)C(C)N=COc1ccccc1. The molecule has 4 atom stereocenters. The van der Waals surface area contributed by atoms with Crippen molar-refractivity contribution in [3.63, 3.8) is 0 Å². The molecule has 10 nitrogen and oxygen atoms in total. The zero-order valence-corrected chi connectivity index (χ0v) is 19.5. The fourth-order valence-corrected chi connectivity index (χ4v) is 2.17. The van der Waals surface area contributed by atoms with Crippen molar-refractivity contribution >= 4 is 24.7 Å². The highest BCUT2D eigenvalue weighted by Gasteiger charge is 2.22. The molecule has 2 rings (SSSR count). The van der Waals surface area contributed by atoms with Crippen LogP contribution in [0, 0.1) is 0 Å². The van der Waals surface area contributed by atoms with E-state index in [9.17, 15) is 19.8 Å². The monoisotopic (exact) mass is 474 g/mol. The Morgan fingerprint density at radius 1 is 0.706 bits per heavy atom. The number of aliphatic imine (C=N–C) groups is 2. The van der Waals surface area contributed by atoms with Gasteiger partial charge in [0.25, 0.3) is 0 Å². The number of esters is 2. The van der Waals surface area contributed by atoms with E-state index in [-0.39, 0.29) is 0 Å². The molecule has 0 aromatic heterocycles. The van der Waals surface area contributed by atoms with Gasteiger partial charge in [0.1, 0.15) is 11.5 Å². The number of methoxy groups -OCH3 is 2. The van der Waals surface area contributed by atoms with E-state index in [1.807, 2.05) is 36.4 Å². The van der Waals surface area contributed by atoms with E-state index in [4.69, 9.17) is 9.47 Å². The molecule has 2 N–H and O–H groups in total.